The maximum Gasteiger partial charge on any atom is 0.408 e. The van der Waals surface area contributed by atoms with E-state index in [0.29, 0.717) is 5.56 Å². The predicted octanol–water partition coefficient (Wildman–Crippen LogP) is 2.18. The SMILES string of the molecule is C=Cc1cccc(C(C(=O)NCC(=O)OC)N(C(=O)CNC(=O)OC(C)(C)C)C2CC2)c1. The first-order valence-electron chi connectivity index (χ1n) is 10.4. The van der Waals surface area contributed by atoms with Crippen molar-refractivity contribution in [1.82, 2.24) is 15.5 Å². The van der Waals surface area contributed by atoms with E-state index in [1.165, 1.54) is 12.0 Å². The first kappa shape index (κ1) is 24.9. The Morgan fingerprint density at radius 1 is 1.19 bits per heavy atom. The van der Waals surface area contributed by atoms with Gasteiger partial charge in [0.25, 0.3) is 0 Å². The summed E-state index contributed by atoms with van der Waals surface area (Å²) in [5.74, 6) is -1.55. The van der Waals surface area contributed by atoms with Crippen molar-refractivity contribution in [2.24, 2.45) is 0 Å². The quantitative estimate of drug-likeness (QED) is 0.563. The highest BCUT2D eigenvalue weighted by molar-refractivity contribution is 5.92. The molecule has 1 aliphatic rings. The van der Waals surface area contributed by atoms with Gasteiger partial charge < -0.3 is 25.0 Å². The Morgan fingerprint density at radius 2 is 1.88 bits per heavy atom. The molecule has 1 unspecified atom stereocenters. The van der Waals surface area contributed by atoms with Crippen LogP contribution < -0.4 is 10.6 Å². The molecule has 0 aliphatic heterocycles. The van der Waals surface area contributed by atoms with E-state index in [9.17, 15) is 19.2 Å². The number of hydrogen-bond acceptors (Lipinski definition) is 6. The third-order valence-electron chi connectivity index (χ3n) is 4.63. The van der Waals surface area contributed by atoms with Crippen LogP contribution in [0.1, 0.15) is 50.8 Å². The molecule has 174 valence electrons. The highest BCUT2D eigenvalue weighted by Crippen LogP contribution is 2.35. The fourth-order valence-electron chi connectivity index (χ4n) is 3.09. The molecule has 0 bridgehead atoms. The lowest BCUT2D eigenvalue weighted by molar-refractivity contribution is -0.144. The number of nitrogens with zero attached hydrogens (tertiary/aromatic N) is 1. The average molecular weight is 446 g/mol. The van der Waals surface area contributed by atoms with E-state index in [-0.39, 0.29) is 19.1 Å². The summed E-state index contributed by atoms with van der Waals surface area (Å²) in [6.45, 7) is 8.26. The summed E-state index contributed by atoms with van der Waals surface area (Å²) < 4.78 is 9.77. The minimum atomic E-state index is -0.986. The number of methoxy groups -OCH3 is 1. The lowest BCUT2D eigenvalue weighted by Crippen LogP contribution is -2.49. The van der Waals surface area contributed by atoms with Gasteiger partial charge in [0.1, 0.15) is 24.7 Å². The second-order valence-corrected chi connectivity index (χ2v) is 8.46. The molecule has 0 saturated heterocycles. The molecule has 0 heterocycles. The van der Waals surface area contributed by atoms with Crippen LogP contribution in [0.3, 0.4) is 0 Å². The van der Waals surface area contributed by atoms with E-state index in [2.05, 4.69) is 21.9 Å². The van der Waals surface area contributed by atoms with E-state index in [4.69, 9.17) is 4.74 Å². The Hall–Kier alpha value is -3.36. The van der Waals surface area contributed by atoms with Crippen molar-refractivity contribution < 1.29 is 28.7 Å². The third kappa shape index (κ3) is 7.40. The van der Waals surface area contributed by atoms with Crippen LogP contribution in [-0.4, -0.2) is 60.6 Å². The summed E-state index contributed by atoms with van der Waals surface area (Å²) in [4.78, 5) is 51.2. The Balaban J connectivity index is 2.27. The van der Waals surface area contributed by atoms with Gasteiger partial charge in [-0.15, -0.1) is 0 Å². The molecule has 0 aromatic heterocycles. The lowest BCUT2D eigenvalue weighted by atomic mass is 10.0. The van der Waals surface area contributed by atoms with Gasteiger partial charge in [-0.2, -0.15) is 0 Å². The molecular formula is C23H31N3O6. The van der Waals surface area contributed by atoms with E-state index in [0.717, 1.165) is 18.4 Å². The van der Waals surface area contributed by atoms with E-state index in [1.807, 2.05) is 6.07 Å². The number of carbonyl (C=O) groups is 4. The number of amides is 3. The van der Waals surface area contributed by atoms with Crippen molar-refractivity contribution in [3.8, 4) is 0 Å². The Morgan fingerprint density at radius 3 is 2.44 bits per heavy atom. The van der Waals surface area contributed by atoms with Gasteiger partial charge in [-0.05, 0) is 50.8 Å². The van der Waals surface area contributed by atoms with Crippen LogP contribution in [0.5, 0.6) is 0 Å². The van der Waals surface area contributed by atoms with Gasteiger partial charge in [-0.1, -0.05) is 30.9 Å². The highest BCUT2D eigenvalue weighted by Gasteiger charge is 2.41. The topological polar surface area (TPSA) is 114 Å². The summed E-state index contributed by atoms with van der Waals surface area (Å²) in [7, 11) is 1.22. The van der Waals surface area contributed by atoms with E-state index >= 15 is 0 Å². The maximum absolute atomic E-state index is 13.1. The van der Waals surface area contributed by atoms with Crippen molar-refractivity contribution in [2.45, 2.75) is 51.3 Å². The van der Waals surface area contributed by atoms with Crippen LogP contribution in [0.15, 0.2) is 30.8 Å². The molecule has 1 aromatic rings. The summed E-state index contributed by atoms with van der Waals surface area (Å²) >= 11 is 0. The molecule has 0 spiro atoms. The van der Waals surface area contributed by atoms with Crippen molar-refractivity contribution in [3.05, 3.63) is 42.0 Å². The van der Waals surface area contributed by atoms with Gasteiger partial charge in [0.2, 0.25) is 11.8 Å². The van der Waals surface area contributed by atoms with Crippen molar-refractivity contribution >= 4 is 30.0 Å². The smallest absolute Gasteiger partial charge is 0.408 e. The number of esters is 1. The summed E-state index contributed by atoms with van der Waals surface area (Å²) in [5.41, 5.74) is 0.649. The van der Waals surface area contributed by atoms with Crippen molar-refractivity contribution in [2.75, 3.05) is 20.2 Å². The van der Waals surface area contributed by atoms with Gasteiger partial charge in [-0.3, -0.25) is 14.4 Å². The largest absolute Gasteiger partial charge is 0.468 e. The number of rotatable bonds is 9. The number of hydrogen-bond donors (Lipinski definition) is 2. The molecule has 0 radical (unpaired) electrons. The molecule has 9 heteroatoms. The van der Waals surface area contributed by atoms with Gasteiger partial charge in [0.15, 0.2) is 0 Å². The number of alkyl carbamates (subject to hydrolysis) is 1. The van der Waals surface area contributed by atoms with Crippen LogP contribution in [0, 0.1) is 0 Å². The molecule has 1 fully saturated rings. The van der Waals surface area contributed by atoms with Crippen LogP contribution in [-0.2, 0) is 23.9 Å². The molecule has 32 heavy (non-hydrogen) atoms. The standard InChI is InChI=1S/C23H31N3O6/c1-6-15-8-7-9-16(12-15)20(21(29)24-14-19(28)31-5)26(17-10-11-17)18(27)13-25-22(30)32-23(2,3)4/h6-9,12,17,20H,1,10-11,13-14H2,2-5H3,(H,24,29)(H,25,30). The van der Waals surface area contributed by atoms with Gasteiger partial charge >= 0.3 is 12.1 Å². The molecule has 1 atom stereocenters. The molecular weight excluding hydrogens is 414 g/mol. The predicted molar refractivity (Wildman–Crippen MR) is 118 cm³/mol. The van der Waals surface area contributed by atoms with Crippen LogP contribution >= 0.6 is 0 Å². The van der Waals surface area contributed by atoms with Crippen molar-refractivity contribution in [3.63, 3.8) is 0 Å². The zero-order valence-electron chi connectivity index (χ0n) is 19.0. The van der Waals surface area contributed by atoms with Crippen LogP contribution in [0.25, 0.3) is 6.08 Å². The zero-order chi connectivity index (χ0) is 23.9. The molecule has 2 N–H and O–H groups in total. The molecule has 1 aliphatic carbocycles. The minimum Gasteiger partial charge on any atom is -0.468 e. The number of benzene rings is 1. The number of carbonyl (C=O) groups excluding carboxylic acids is 4. The maximum atomic E-state index is 13.1. The molecule has 3 amide bonds. The highest BCUT2D eigenvalue weighted by atomic mass is 16.6. The second kappa shape index (κ2) is 10.8. The molecule has 1 saturated carbocycles. The monoisotopic (exact) mass is 445 g/mol. The molecule has 2 rings (SSSR count). The van der Waals surface area contributed by atoms with Gasteiger partial charge in [-0.25, -0.2) is 4.79 Å². The number of ether oxygens (including phenoxy) is 2. The fourth-order valence-corrected chi connectivity index (χ4v) is 3.09. The fraction of sp³-hybridized carbons (Fsp3) is 0.478. The summed E-state index contributed by atoms with van der Waals surface area (Å²) in [6.07, 6.45) is 2.39. The first-order valence-corrected chi connectivity index (χ1v) is 10.4. The third-order valence-corrected chi connectivity index (χ3v) is 4.63. The average Bonchev–Trinajstić information content (AvgIpc) is 3.57. The first-order chi connectivity index (χ1) is 15.1. The Bertz CT molecular complexity index is 873. The number of nitrogens with one attached hydrogen (secondary N) is 2. The molecule has 9 nitrogen and oxygen atoms in total. The van der Waals surface area contributed by atoms with Gasteiger partial charge in [0.05, 0.1) is 7.11 Å². The lowest BCUT2D eigenvalue weighted by Gasteiger charge is -2.32. The van der Waals surface area contributed by atoms with Crippen LogP contribution in [0.2, 0.25) is 0 Å². The van der Waals surface area contributed by atoms with Crippen molar-refractivity contribution in [1.29, 1.82) is 0 Å². The Kier molecular flexibility index (Phi) is 8.40. The molecule has 1 aromatic carbocycles. The summed E-state index contributed by atoms with van der Waals surface area (Å²) in [6, 6.07) is 5.96. The van der Waals surface area contributed by atoms with Crippen LogP contribution in [0.4, 0.5) is 4.79 Å². The Labute approximate surface area is 188 Å². The van der Waals surface area contributed by atoms with E-state index in [1.54, 1.807) is 45.0 Å². The normalized spacial score (nSPS) is 14.0. The zero-order valence-corrected chi connectivity index (χ0v) is 19.0. The van der Waals surface area contributed by atoms with Gasteiger partial charge in [0, 0.05) is 6.04 Å². The van der Waals surface area contributed by atoms with E-state index < -0.39 is 35.5 Å². The summed E-state index contributed by atoms with van der Waals surface area (Å²) in [5, 5.41) is 4.99. The minimum absolute atomic E-state index is 0.149. The second-order valence-electron chi connectivity index (χ2n) is 8.46.